The summed E-state index contributed by atoms with van der Waals surface area (Å²) in [4.78, 5) is 2.36. The Morgan fingerprint density at radius 1 is 1.37 bits per heavy atom. The van der Waals surface area contributed by atoms with Gasteiger partial charge in [0.2, 0.25) is 0 Å². The molecule has 1 aliphatic heterocycles. The maximum atomic E-state index is 13.1. The molecule has 1 saturated heterocycles. The van der Waals surface area contributed by atoms with Gasteiger partial charge in [-0.3, -0.25) is 0 Å². The average molecular weight is 286 g/mol. The minimum Gasteiger partial charge on any atom is -0.389 e. The third kappa shape index (κ3) is 3.91. The van der Waals surface area contributed by atoms with Crippen LogP contribution in [0.3, 0.4) is 0 Å². The largest absolute Gasteiger partial charge is 0.389 e. The second-order valence-corrected chi connectivity index (χ2v) is 5.84. The number of nitrogens with zero attached hydrogens (tertiary/aromatic N) is 1. The van der Waals surface area contributed by atoms with Crippen LogP contribution >= 0.6 is 11.6 Å². The van der Waals surface area contributed by atoms with Gasteiger partial charge in [0, 0.05) is 13.0 Å². The molecule has 1 aromatic rings. The molecule has 0 aromatic heterocycles. The Labute approximate surface area is 119 Å². The zero-order chi connectivity index (χ0) is 13.9. The van der Waals surface area contributed by atoms with Crippen LogP contribution in [0.5, 0.6) is 0 Å². The fraction of sp³-hybridized carbons (Fsp3) is 0.600. The summed E-state index contributed by atoms with van der Waals surface area (Å²) < 4.78 is 13.1. The minimum absolute atomic E-state index is 0.130. The first-order valence-electron chi connectivity index (χ1n) is 6.91. The van der Waals surface area contributed by atoms with Crippen molar-refractivity contribution in [1.29, 1.82) is 0 Å². The molecular formula is C15H21ClFNO. The Morgan fingerprint density at radius 3 is 2.84 bits per heavy atom. The summed E-state index contributed by atoms with van der Waals surface area (Å²) in [5.74, 6) is -0.407. The summed E-state index contributed by atoms with van der Waals surface area (Å²) in [6.07, 6.45) is 3.10. The predicted molar refractivity (Wildman–Crippen MR) is 76.0 cm³/mol. The molecule has 2 rings (SSSR count). The Kier molecular flexibility index (Phi) is 4.82. The summed E-state index contributed by atoms with van der Waals surface area (Å²) in [5, 5.41) is 10.8. The Balaban J connectivity index is 2.05. The fourth-order valence-electron chi connectivity index (χ4n) is 2.76. The summed E-state index contributed by atoms with van der Waals surface area (Å²) in [7, 11) is 0. The van der Waals surface area contributed by atoms with E-state index in [1.54, 1.807) is 12.1 Å². The molecule has 2 nitrogen and oxygen atoms in total. The van der Waals surface area contributed by atoms with Crippen LogP contribution < -0.4 is 0 Å². The lowest BCUT2D eigenvalue weighted by Crippen LogP contribution is -2.33. The smallest absolute Gasteiger partial charge is 0.141 e. The van der Waals surface area contributed by atoms with E-state index in [-0.39, 0.29) is 5.02 Å². The Bertz CT molecular complexity index is 440. The molecule has 0 bridgehead atoms. The maximum absolute atomic E-state index is 13.1. The topological polar surface area (TPSA) is 23.5 Å². The molecule has 1 fully saturated rings. The molecule has 1 unspecified atom stereocenters. The monoisotopic (exact) mass is 285 g/mol. The predicted octanol–water partition coefficient (Wildman–Crippen LogP) is 3.26. The van der Waals surface area contributed by atoms with Crippen LogP contribution in [0.1, 0.15) is 31.7 Å². The normalized spacial score (nSPS) is 25.3. The highest BCUT2D eigenvalue weighted by atomic mass is 35.5. The molecule has 4 heteroatoms. The lowest BCUT2D eigenvalue weighted by atomic mass is 9.88. The first-order valence-corrected chi connectivity index (χ1v) is 7.29. The second-order valence-electron chi connectivity index (χ2n) is 5.44. The van der Waals surface area contributed by atoms with Crippen LogP contribution in [0.25, 0.3) is 0 Å². The Hall–Kier alpha value is -0.640. The van der Waals surface area contributed by atoms with Gasteiger partial charge in [0.1, 0.15) is 5.82 Å². The molecule has 1 N–H and O–H groups in total. The standard InChI is InChI=1S/C15H21ClFNO/c1-2-18-8-3-6-15(19,7-9-18)11-12-4-5-14(17)13(16)10-12/h4-5,10,19H,2-3,6-9,11H2,1H3. The molecule has 0 aliphatic carbocycles. The lowest BCUT2D eigenvalue weighted by Gasteiger charge is -2.27. The summed E-state index contributed by atoms with van der Waals surface area (Å²) in [6, 6.07) is 4.70. The van der Waals surface area contributed by atoms with Gasteiger partial charge in [-0.05, 0) is 50.0 Å². The number of likely N-dealkylation sites (tertiary alicyclic amines) is 1. The van der Waals surface area contributed by atoms with E-state index in [1.807, 2.05) is 0 Å². The number of benzene rings is 1. The number of hydrogen-bond donors (Lipinski definition) is 1. The first-order chi connectivity index (χ1) is 9.02. The quantitative estimate of drug-likeness (QED) is 0.921. The van der Waals surface area contributed by atoms with Crippen LogP contribution in [0.15, 0.2) is 18.2 Å². The van der Waals surface area contributed by atoms with Gasteiger partial charge < -0.3 is 10.0 Å². The molecule has 1 heterocycles. The average Bonchev–Trinajstić information content (AvgIpc) is 2.56. The molecular weight excluding hydrogens is 265 g/mol. The van der Waals surface area contributed by atoms with Crippen LogP contribution in [0, 0.1) is 5.82 Å². The van der Waals surface area contributed by atoms with Gasteiger partial charge in [0.25, 0.3) is 0 Å². The molecule has 0 radical (unpaired) electrons. The third-order valence-electron chi connectivity index (χ3n) is 3.97. The zero-order valence-corrected chi connectivity index (χ0v) is 12.1. The maximum Gasteiger partial charge on any atom is 0.141 e. The van der Waals surface area contributed by atoms with E-state index < -0.39 is 11.4 Å². The summed E-state index contributed by atoms with van der Waals surface area (Å²) >= 11 is 5.79. The van der Waals surface area contributed by atoms with E-state index in [1.165, 1.54) is 6.07 Å². The van der Waals surface area contributed by atoms with E-state index in [9.17, 15) is 9.50 Å². The van der Waals surface area contributed by atoms with E-state index in [2.05, 4.69) is 11.8 Å². The van der Waals surface area contributed by atoms with Crippen LogP contribution in [0.2, 0.25) is 5.02 Å². The van der Waals surface area contributed by atoms with Crippen molar-refractivity contribution in [3.8, 4) is 0 Å². The molecule has 0 amide bonds. The van der Waals surface area contributed by atoms with E-state index in [0.717, 1.165) is 44.5 Å². The van der Waals surface area contributed by atoms with Gasteiger partial charge >= 0.3 is 0 Å². The highest BCUT2D eigenvalue weighted by molar-refractivity contribution is 6.30. The number of halogens is 2. The molecule has 19 heavy (non-hydrogen) atoms. The third-order valence-corrected chi connectivity index (χ3v) is 4.26. The fourth-order valence-corrected chi connectivity index (χ4v) is 2.96. The number of rotatable bonds is 3. The molecule has 1 aromatic carbocycles. The highest BCUT2D eigenvalue weighted by Gasteiger charge is 2.30. The first kappa shape index (κ1) is 14.8. The van der Waals surface area contributed by atoms with Gasteiger partial charge in [-0.1, -0.05) is 24.6 Å². The van der Waals surface area contributed by atoms with Gasteiger partial charge in [-0.25, -0.2) is 4.39 Å². The van der Waals surface area contributed by atoms with Crippen LogP contribution in [0.4, 0.5) is 4.39 Å². The molecule has 0 saturated carbocycles. The minimum atomic E-state index is -0.689. The van der Waals surface area contributed by atoms with Crippen molar-refractivity contribution in [3.05, 3.63) is 34.6 Å². The van der Waals surface area contributed by atoms with E-state index in [0.29, 0.717) is 6.42 Å². The summed E-state index contributed by atoms with van der Waals surface area (Å²) in [5.41, 5.74) is 0.212. The Morgan fingerprint density at radius 2 is 2.16 bits per heavy atom. The van der Waals surface area contributed by atoms with Gasteiger partial charge in [-0.15, -0.1) is 0 Å². The SMILES string of the molecule is CCN1CCCC(O)(Cc2ccc(F)c(Cl)c2)CC1. The highest BCUT2D eigenvalue weighted by Crippen LogP contribution is 2.28. The molecule has 1 atom stereocenters. The molecule has 0 spiro atoms. The van der Waals surface area contributed by atoms with Crippen molar-refractivity contribution in [3.63, 3.8) is 0 Å². The number of hydrogen-bond acceptors (Lipinski definition) is 2. The van der Waals surface area contributed by atoms with Crippen molar-refractivity contribution >= 4 is 11.6 Å². The zero-order valence-electron chi connectivity index (χ0n) is 11.3. The molecule has 1 aliphatic rings. The van der Waals surface area contributed by atoms with E-state index >= 15 is 0 Å². The lowest BCUT2D eigenvalue weighted by molar-refractivity contribution is 0.0258. The second kappa shape index (κ2) is 6.21. The van der Waals surface area contributed by atoms with Gasteiger partial charge in [0.05, 0.1) is 10.6 Å². The van der Waals surface area contributed by atoms with Crippen molar-refractivity contribution in [1.82, 2.24) is 4.90 Å². The van der Waals surface area contributed by atoms with E-state index in [4.69, 9.17) is 11.6 Å². The van der Waals surface area contributed by atoms with Crippen molar-refractivity contribution in [2.75, 3.05) is 19.6 Å². The van der Waals surface area contributed by atoms with Crippen LogP contribution in [-0.2, 0) is 6.42 Å². The summed E-state index contributed by atoms with van der Waals surface area (Å²) in [6.45, 7) is 5.13. The van der Waals surface area contributed by atoms with Gasteiger partial charge in [0.15, 0.2) is 0 Å². The molecule has 106 valence electrons. The van der Waals surface area contributed by atoms with Crippen molar-refractivity contribution in [2.24, 2.45) is 0 Å². The van der Waals surface area contributed by atoms with Gasteiger partial charge in [-0.2, -0.15) is 0 Å². The van der Waals surface area contributed by atoms with Crippen molar-refractivity contribution < 1.29 is 9.50 Å². The number of aliphatic hydroxyl groups is 1. The van der Waals surface area contributed by atoms with Crippen LogP contribution in [-0.4, -0.2) is 35.2 Å². The van der Waals surface area contributed by atoms with Crippen molar-refractivity contribution in [2.45, 2.75) is 38.2 Å².